The number of rotatable bonds is 4. The van der Waals surface area contributed by atoms with Crippen LogP contribution >= 0.6 is 0 Å². The molecule has 0 amide bonds. The van der Waals surface area contributed by atoms with Gasteiger partial charge in [0.25, 0.3) is 0 Å². The van der Waals surface area contributed by atoms with Crippen molar-refractivity contribution in [3.05, 3.63) is 0 Å². The molecule has 0 aromatic carbocycles. The summed E-state index contributed by atoms with van der Waals surface area (Å²) in [6, 6.07) is 0.554. The lowest BCUT2D eigenvalue weighted by Crippen LogP contribution is -2.70. The molecule has 3 N–H and O–H groups in total. The monoisotopic (exact) mass is 322 g/mol. The van der Waals surface area contributed by atoms with Crippen LogP contribution in [-0.4, -0.2) is 75.0 Å². The number of piperidine rings is 2. The van der Waals surface area contributed by atoms with E-state index in [1.165, 1.54) is 19.4 Å². The number of nitrogens with zero attached hydrogens (tertiary/aromatic N) is 2. The highest BCUT2D eigenvalue weighted by molar-refractivity contribution is 5.07. The van der Waals surface area contributed by atoms with Crippen LogP contribution in [0.1, 0.15) is 26.7 Å². The third-order valence-corrected chi connectivity index (χ3v) is 7.14. The summed E-state index contributed by atoms with van der Waals surface area (Å²) in [5.41, 5.74) is 6.48. The first-order valence-electron chi connectivity index (χ1n) is 9.40. The summed E-state index contributed by atoms with van der Waals surface area (Å²) in [6.45, 7) is 11.9. The molecule has 3 aliphatic heterocycles. The van der Waals surface area contributed by atoms with Crippen LogP contribution in [-0.2, 0) is 4.74 Å². The number of hydrogen-bond donors (Lipinski definition) is 2. The lowest BCUT2D eigenvalue weighted by molar-refractivity contribution is -0.186. The summed E-state index contributed by atoms with van der Waals surface area (Å²) in [5.74, 6) is 1.73. The van der Waals surface area contributed by atoms with Gasteiger partial charge in [-0.25, -0.2) is 0 Å². The van der Waals surface area contributed by atoms with E-state index in [0.29, 0.717) is 12.1 Å². The van der Waals surface area contributed by atoms with Crippen LogP contribution < -0.4 is 11.1 Å². The van der Waals surface area contributed by atoms with Gasteiger partial charge in [-0.2, -0.15) is 0 Å². The summed E-state index contributed by atoms with van der Waals surface area (Å²) >= 11 is 0. The zero-order valence-corrected chi connectivity index (χ0v) is 15.1. The van der Waals surface area contributed by atoms with E-state index < -0.39 is 0 Å². The molecule has 0 aromatic heterocycles. The van der Waals surface area contributed by atoms with E-state index in [1.807, 2.05) is 0 Å². The molecule has 5 heteroatoms. The predicted octanol–water partition coefficient (Wildman–Crippen LogP) is 0.559. The fourth-order valence-corrected chi connectivity index (χ4v) is 6.31. The average Bonchev–Trinajstić information content (AvgIpc) is 2.67. The molecule has 3 heterocycles. The van der Waals surface area contributed by atoms with Gasteiger partial charge in [0, 0.05) is 56.1 Å². The fourth-order valence-electron chi connectivity index (χ4n) is 6.31. The second kappa shape index (κ2) is 5.67. The van der Waals surface area contributed by atoms with E-state index in [-0.39, 0.29) is 10.8 Å². The molecule has 5 nitrogen and oxygen atoms in total. The van der Waals surface area contributed by atoms with Crippen molar-refractivity contribution in [2.75, 3.05) is 53.0 Å². The van der Waals surface area contributed by atoms with Crippen LogP contribution in [0.5, 0.6) is 0 Å². The largest absolute Gasteiger partial charge is 0.361 e. The van der Waals surface area contributed by atoms with E-state index >= 15 is 0 Å². The molecule has 5 atom stereocenters. The van der Waals surface area contributed by atoms with Gasteiger partial charge < -0.3 is 20.7 Å². The second-order valence-corrected chi connectivity index (χ2v) is 9.34. The molecule has 2 bridgehead atoms. The first-order valence-corrected chi connectivity index (χ1v) is 9.40. The van der Waals surface area contributed by atoms with Crippen molar-refractivity contribution in [3.63, 3.8) is 0 Å². The van der Waals surface area contributed by atoms with Crippen LogP contribution in [0.25, 0.3) is 0 Å². The van der Waals surface area contributed by atoms with Crippen molar-refractivity contribution >= 4 is 0 Å². The summed E-state index contributed by atoms with van der Waals surface area (Å²) in [7, 11) is 2.25. The molecule has 0 aromatic rings. The van der Waals surface area contributed by atoms with E-state index in [9.17, 15) is 0 Å². The molecule has 132 valence electrons. The second-order valence-electron chi connectivity index (χ2n) is 9.34. The zero-order chi connectivity index (χ0) is 16.2. The highest BCUT2D eigenvalue weighted by Gasteiger charge is 2.55. The molecule has 4 fully saturated rings. The minimum atomic E-state index is 0.205. The van der Waals surface area contributed by atoms with Gasteiger partial charge >= 0.3 is 0 Å². The van der Waals surface area contributed by atoms with Gasteiger partial charge in [-0.05, 0) is 31.7 Å². The quantitative estimate of drug-likeness (QED) is 0.792. The number of hydrogen-bond acceptors (Lipinski definition) is 5. The highest BCUT2D eigenvalue weighted by Crippen LogP contribution is 2.47. The van der Waals surface area contributed by atoms with Crippen molar-refractivity contribution in [1.29, 1.82) is 0 Å². The fraction of sp³-hybridized carbons (Fsp3) is 1.00. The number of ether oxygens (including phenoxy) is 1. The molecule has 1 aliphatic carbocycles. The van der Waals surface area contributed by atoms with E-state index in [2.05, 4.69) is 36.0 Å². The molecule has 0 radical (unpaired) electrons. The van der Waals surface area contributed by atoms with Gasteiger partial charge in [-0.1, -0.05) is 13.8 Å². The maximum Gasteiger partial charge on any atom is 0.0997 e. The maximum atomic E-state index is 6.65. The van der Waals surface area contributed by atoms with Gasteiger partial charge in [-0.3, -0.25) is 4.90 Å². The van der Waals surface area contributed by atoms with E-state index in [1.54, 1.807) is 0 Å². The summed E-state index contributed by atoms with van der Waals surface area (Å²) < 4.78 is 6.65. The lowest BCUT2D eigenvalue weighted by atomic mass is 9.63. The lowest BCUT2D eigenvalue weighted by Gasteiger charge is -2.58. The van der Waals surface area contributed by atoms with Crippen molar-refractivity contribution in [2.45, 2.75) is 38.8 Å². The molecule has 23 heavy (non-hydrogen) atoms. The molecule has 4 aliphatic rings. The van der Waals surface area contributed by atoms with Crippen molar-refractivity contribution in [3.8, 4) is 0 Å². The van der Waals surface area contributed by atoms with E-state index in [4.69, 9.17) is 10.5 Å². The van der Waals surface area contributed by atoms with Crippen LogP contribution in [0.2, 0.25) is 0 Å². The minimum Gasteiger partial charge on any atom is -0.361 e. The van der Waals surface area contributed by atoms with Crippen LogP contribution in [0.15, 0.2) is 0 Å². The summed E-state index contributed by atoms with van der Waals surface area (Å²) in [5, 5.41) is 3.65. The third kappa shape index (κ3) is 2.56. The summed E-state index contributed by atoms with van der Waals surface area (Å²) in [4.78, 5) is 5.02. The number of fused-ring (bicyclic) bond motifs is 3. The van der Waals surface area contributed by atoms with E-state index in [0.717, 1.165) is 51.3 Å². The van der Waals surface area contributed by atoms with Gasteiger partial charge in [-0.15, -0.1) is 0 Å². The first kappa shape index (κ1) is 16.3. The Kier molecular flexibility index (Phi) is 4.01. The Balaban J connectivity index is 1.45. The molecular weight excluding hydrogens is 288 g/mol. The Morgan fingerprint density at radius 1 is 1.17 bits per heavy atom. The molecule has 3 saturated heterocycles. The number of nitrogens with two attached hydrogens (primary N) is 1. The topological polar surface area (TPSA) is 53.8 Å². The maximum absolute atomic E-state index is 6.65. The first-order chi connectivity index (χ1) is 11.0. The third-order valence-electron chi connectivity index (χ3n) is 7.14. The van der Waals surface area contributed by atoms with Crippen molar-refractivity contribution in [2.24, 2.45) is 28.4 Å². The van der Waals surface area contributed by atoms with Gasteiger partial charge in [0.2, 0.25) is 0 Å². The molecule has 4 rings (SSSR count). The predicted molar refractivity (Wildman–Crippen MR) is 92.1 cm³/mol. The Hall–Kier alpha value is -0.200. The Labute approximate surface area is 140 Å². The standard InChI is InChI=1S/C18H34N4O/c1-17-8-20-9-18(2,11-21(3)10-17)16(17)23-12-22-7-13-4-5-14(13)15(22)6-19/h13-16,20H,4-12,19H2,1-3H3. The SMILES string of the molecule is CN1CC2(C)CNCC(C)(C1)C2OCN1CC2CCC2C1CN. The molecule has 0 spiro atoms. The van der Waals surface area contributed by atoms with Crippen LogP contribution in [0.3, 0.4) is 0 Å². The van der Waals surface area contributed by atoms with Crippen molar-refractivity contribution in [1.82, 2.24) is 15.1 Å². The molecular formula is C18H34N4O. The number of likely N-dealkylation sites (tertiary alicyclic amines) is 2. The van der Waals surface area contributed by atoms with Crippen molar-refractivity contribution < 1.29 is 4.74 Å². The number of nitrogens with one attached hydrogen (secondary N) is 1. The Morgan fingerprint density at radius 2 is 1.87 bits per heavy atom. The Bertz CT molecular complexity index is 440. The highest BCUT2D eigenvalue weighted by atomic mass is 16.5. The van der Waals surface area contributed by atoms with Gasteiger partial charge in [0.1, 0.15) is 0 Å². The zero-order valence-electron chi connectivity index (χ0n) is 15.1. The summed E-state index contributed by atoms with van der Waals surface area (Å²) in [6.07, 6.45) is 3.10. The Morgan fingerprint density at radius 3 is 2.43 bits per heavy atom. The smallest absolute Gasteiger partial charge is 0.0997 e. The average molecular weight is 322 g/mol. The normalized spacial score (nSPS) is 50.6. The molecule has 5 unspecified atom stereocenters. The van der Waals surface area contributed by atoms with Crippen LogP contribution in [0, 0.1) is 22.7 Å². The minimum absolute atomic E-state index is 0.205. The van der Waals surface area contributed by atoms with Crippen LogP contribution in [0.4, 0.5) is 0 Å². The van der Waals surface area contributed by atoms with Gasteiger partial charge in [0.05, 0.1) is 12.8 Å². The molecule has 1 saturated carbocycles. The van der Waals surface area contributed by atoms with Gasteiger partial charge in [0.15, 0.2) is 0 Å².